The van der Waals surface area contributed by atoms with E-state index in [-0.39, 0.29) is 6.29 Å². The number of hydrogen-bond donors (Lipinski definition) is 0. The number of aryl methyl sites for hydroxylation is 1. The lowest BCUT2D eigenvalue weighted by atomic mass is 10.0. The van der Waals surface area contributed by atoms with E-state index in [4.69, 9.17) is 9.47 Å². The van der Waals surface area contributed by atoms with Gasteiger partial charge in [-0.3, -0.25) is 4.98 Å². The van der Waals surface area contributed by atoms with Crippen LogP contribution in [0, 0.1) is 5.92 Å². The SMILES string of the molecule is CCCCCc1ccc(-c2ccc(C3OCC(CCCCC)CO3)s2)cn1. The van der Waals surface area contributed by atoms with Crippen molar-refractivity contribution in [1.29, 1.82) is 0 Å². The number of unbranched alkanes of at least 4 members (excludes halogenated alkanes) is 4. The third-order valence-electron chi connectivity index (χ3n) is 5.19. The number of aromatic nitrogens is 1. The van der Waals surface area contributed by atoms with Crippen molar-refractivity contribution in [3.8, 4) is 10.4 Å². The van der Waals surface area contributed by atoms with Crippen molar-refractivity contribution in [2.24, 2.45) is 5.92 Å². The molecule has 148 valence electrons. The van der Waals surface area contributed by atoms with Crippen molar-refractivity contribution in [1.82, 2.24) is 4.98 Å². The average Bonchev–Trinajstić information content (AvgIpc) is 3.20. The lowest BCUT2D eigenvalue weighted by Gasteiger charge is -2.28. The molecule has 0 saturated carbocycles. The Morgan fingerprint density at radius 1 is 0.963 bits per heavy atom. The van der Waals surface area contributed by atoms with Gasteiger partial charge in [0.2, 0.25) is 0 Å². The van der Waals surface area contributed by atoms with E-state index in [0.717, 1.165) is 24.5 Å². The lowest BCUT2D eigenvalue weighted by molar-refractivity contribution is -0.204. The summed E-state index contributed by atoms with van der Waals surface area (Å²) in [6, 6.07) is 8.65. The number of hydrogen-bond acceptors (Lipinski definition) is 4. The summed E-state index contributed by atoms with van der Waals surface area (Å²) in [5.41, 5.74) is 2.37. The van der Waals surface area contributed by atoms with Crippen molar-refractivity contribution in [3.63, 3.8) is 0 Å². The first-order chi connectivity index (χ1) is 13.3. The van der Waals surface area contributed by atoms with Crippen LogP contribution >= 0.6 is 11.3 Å². The maximum Gasteiger partial charge on any atom is 0.193 e. The summed E-state index contributed by atoms with van der Waals surface area (Å²) < 4.78 is 12.0. The summed E-state index contributed by atoms with van der Waals surface area (Å²) in [5.74, 6) is 0.552. The van der Waals surface area contributed by atoms with Gasteiger partial charge in [-0.25, -0.2) is 0 Å². The van der Waals surface area contributed by atoms with Crippen molar-refractivity contribution in [3.05, 3.63) is 41.0 Å². The summed E-state index contributed by atoms with van der Waals surface area (Å²) in [6.45, 7) is 6.11. The molecule has 0 unspecified atom stereocenters. The first-order valence-corrected chi connectivity index (χ1v) is 11.4. The molecule has 0 bridgehead atoms. The van der Waals surface area contributed by atoms with Gasteiger partial charge in [-0.1, -0.05) is 52.0 Å². The number of ether oxygens (including phenoxy) is 2. The van der Waals surface area contributed by atoms with E-state index in [0.29, 0.717) is 5.92 Å². The fraction of sp³-hybridized carbons (Fsp3) is 0.609. The summed E-state index contributed by atoms with van der Waals surface area (Å²) >= 11 is 1.75. The fourth-order valence-electron chi connectivity index (χ4n) is 3.47. The standard InChI is InChI=1S/C23H33NO2S/c1-3-5-7-9-18-16-25-23(26-17-18)22-14-13-21(27-22)19-11-12-20(24-15-19)10-8-6-4-2/h11-15,18,23H,3-10,16-17H2,1-2H3. The molecule has 3 nitrogen and oxygen atoms in total. The molecule has 4 heteroatoms. The summed E-state index contributed by atoms with van der Waals surface area (Å²) in [7, 11) is 0. The second kappa shape index (κ2) is 10.9. The van der Waals surface area contributed by atoms with Gasteiger partial charge in [-0.05, 0) is 37.5 Å². The number of rotatable bonds is 10. The highest BCUT2D eigenvalue weighted by Gasteiger charge is 2.24. The Hall–Kier alpha value is -1.23. The van der Waals surface area contributed by atoms with Gasteiger partial charge in [0.15, 0.2) is 6.29 Å². The highest BCUT2D eigenvalue weighted by molar-refractivity contribution is 7.15. The first-order valence-electron chi connectivity index (χ1n) is 10.6. The normalized spacial score (nSPS) is 20.1. The van der Waals surface area contributed by atoms with E-state index >= 15 is 0 Å². The third kappa shape index (κ3) is 6.13. The molecule has 27 heavy (non-hydrogen) atoms. The summed E-state index contributed by atoms with van der Waals surface area (Å²) in [5, 5.41) is 0. The first kappa shape index (κ1) is 20.5. The largest absolute Gasteiger partial charge is 0.347 e. The minimum absolute atomic E-state index is 0.201. The smallest absolute Gasteiger partial charge is 0.193 e. The summed E-state index contributed by atoms with van der Waals surface area (Å²) in [6.07, 6.45) is 11.7. The zero-order chi connectivity index (χ0) is 18.9. The maximum absolute atomic E-state index is 6.00. The molecule has 1 aliphatic heterocycles. The molecule has 2 aromatic heterocycles. The van der Waals surface area contributed by atoms with E-state index in [9.17, 15) is 0 Å². The van der Waals surface area contributed by atoms with Crippen LogP contribution in [0.25, 0.3) is 10.4 Å². The molecule has 0 N–H and O–H groups in total. The lowest BCUT2D eigenvalue weighted by Crippen LogP contribution is -2.26. The minimum atomic E-state index is -0.201. The van der Waals surface area contributed by atoms with Crippen LogP contribution in [0.1, 0.15) is 75.7 Å². The van der Waals surface area contributed by atoms with Crippen molar-refractivity contribution in [2.45, 2.75) is 71.5 Å². The molecule has 0 aliphatic carbocycles. The van der Waals surface area contributed by atoms with Gasteiger partial charge < -0.3 is 9.47 Å². The highest BCUT2D eigenvalue weighted by atomic mass is 32.1. The fourth-order valence-corrected chi connectivity index (χ4v) is 4.46. The van der Waals surface area contributed by atoms with E-state index < -0.39 is 0 Å². The van der Waals surface area contributed by atoms with E-state index in [1.165, 1.54) is 61.1 Å². The molecule has 0 aromatic carbocycles. The van der Waals surface area contributed by atoms with Crippen LogP contribution in [0.5, 0.6) is 0 Å². The van der Waals surface area contributed by atoms with Gasteiger partial charge in [0.1, 0.15) is 0 Å². The Balaban J connectivity index is 1.51. The number of nitrogens with zero attached hydrogens (tertiary/aromatic N) is 1. The average molecular weight is 388 g/mol. The van der Waals surface area contributed by atoms with Crippen LogP contribution in [0.4, 0.5) is 0 Å². The molecule has 3 heterocycles. The van der Waals surface area contributed by atoms with E-state index in [1.54, 1.807) is 11.3 Å². The second-order valence-corrected chi connectivity index (χ2v) is 8.67. The highest BCUT2D eigenvalue weighted by Crippen LogP contribution is 2.35. The van der Waals surface area contributed by atoms with Crippen LogP contribution in [0.2, 0.25) is 0 Å². The van der Waals surface area contributed by atoms with Gasteiger partial charge in [0, 0.05) is 28.2 Å². The van der Waals surface area contributed by atoms with Crippen molar-refractivity contribution >= 4 is 11.3 Å². The van der Waals surface area contributed by atoms with Gasteiger partial charge >= 0.3 is 0 Å². The minimum Gasteiger partial charge on any atom is -0.347 e. The Kier molecular flexibility index (Phi) is 8.31. The molecule has 1 aliphatic rings. The van der Waals surface area contributed by atoms with Crippen LogP contribution in [-0.4, -0.2) is 18.2 Å². The molecule has 0 atom stereocenters. The third-order valence-corrected chi connectivity index (χ3v) is 6.34. The van der Waals surface area contributed by atoms with Crippen LogP contribution in [0.15, 0.2) is 30.5 Å². The Bertz CT molecular complexity index is 659. The Labute approximate surface area is 168 Å². The number of thiophene rings is 1. The predicted molar refractivity (Wildman–Crippen MR) is 113 cm³/mol. The quantitative estimate of drug-likeness (QED) is 0.421. The van der Waals surface area contributed by atoms with Crippen molar-refractivity contribution in [2.75, 3.05) is 13.2 Å². The van der Waals surface area contributed by atoms with Crippen LogP contribution < -0.4 is 0 Å². The Morgan fingerprint density at radius 3 is 2.44 bits per heavy atom. The van der Waals surface area contributed by atoms with Crippen LogP contribution in [-0.2, 0) is 15.9 Å². The van der Waals surface area contributed by atoms with E-state index in [1.807, 2.05) is 6.20 Å². The molecule has 0 spiro atoms. The van der Waals surface area contributed by atoms with Gasteiger partial charge in [0.25, 0.3) is 0 Å². The van der Waals surface area contributed by atoms with Gasteiger partial charge in [-0.15, -0.1) is 11.3 Å². The van der Waals surface area contributed by atoms with Gasteiger partial charge in [0.05, 0.1) is 18.1 Å². The monoisotopic (exact) mass is 387 g/mol. The predicted octanol–water partition coefficient (Wildman–Crippen LogP) is 6.78. The van der Waals surface area contributed by atoms with Crippen molar-refractivity contribution < 1.29 is 9.47 Å². The van der Waals surface area contributed by atoms with Crippen LogP contribution in [0.3, 0.4) is 0 Å². The molecular weight excluding hydrogens is 354 g/mol. The Morgan fingerprint density at radius 2 is 1.74 bits per heavy atom. The second-order valence-electron chi connectivity index (χ2n) is 7.56. The molecule has 0 amide bonds. The number of pyridine rings is 1. The van der Waals surface area contributed by atoms with Gasteiger partial charge in [-0.2, -0.15) is 0 Å². The zero-order valence-electron chi connectivity index (χ0n) is 16.8. The summed E-state index contributed by atoms with van der Waals surface area (Å²) in [4.78, 5) is 7.03. The molecular formula is C23H33NO2S. The topological polar surface area (TPSA) is 31.4 Å². The molecule has 3 rings (SSSR count). The molecule has 1 saturated heterocycles. The molecule has 2 aromatic rings. The maximum atomic E-state index is 6.00. The zero-order valence-corrected chi connectivity index (χ0v) is 17.6. The molecule has 0 radical (unpaired) electrons. The molecule has 1 fully saturated rings. The van der Waals surface area contributed by atoms with E-state index in [2.05, 4.69) is 43.1 Å².